The average Bonchev–Trinajstić information content (AvgIpc) is 3.28. The van der Waals surface area contributed by atoms with Crippen molar-refractivity contribution in [1.82, 2.24) is 0 Å². The van der Waals surface area contributed by atoms with Crippen LogP contribution in [0, 0.1) is 0 Å². The van der Waals surface area contributed by atoms with E-state index in [4.69, 9.17) is 14.2 Å². The number of carbonyl (C=O) groups excluding carboxylic acids is 3. The summed E-state index contributed by atoms with van der Waals surface area (Å²) in [6, 6.07) is -0.723. The molecule has 390 valence electrons. The van der Waals surface area contributed by atoms with Crippen LogP contribution in [0.25, 0.3) is 0 Å². The fourth-order valence-corrected chi connectivity index (χ4v) is 8.95. The lowest BCUT2D eigenvalue weighted by Gasteiger charge is -2.34. The van der Waals surface area contributed by atoms with Crippen LogP contribution in [0.4, 0.5) is 0 Å². The van der Waals surface area contributed by atoms with E-state index in [0.29, 0.717) is 12.8 Å². The first kappa shape index (κ1) is 64.1. The molecule has 0 bridgehead atoms. The Bertz CT molecular complexity index is 1090. The van der Waals surface area contributed by atoms with Gasteiger partial charge in [-0.3, -0.25) is 9.59 Å². The molecule has 0 amide bonds. The predicted octanol–water partition coefficient (Wildman–Crippen LogP) is 15.7. The third-order valence-corrected chi connectivity index (χ3v) is 13.4. The summed E-state index contributed by atoms with van der Waals surface area (Å²) in [5, 5.41) is 11.7. The topological polar surface area (TPSA) is 102 Å². The molecule has 0 aromatic heterocycles. The van der Waals surface area contributed by atoms with E-state index in [-0.39, 0.29) is 42.7 Å². The van der Waals surface area contributed by atoms with Crippen LogP contribution in [0.3, 0.4) is 0 Å². The molecule has 0 saturated carbocycles. The lowest BCUT2D eigenvalue weighted by molar-refractivity contribution is -0.889. The number of quaternary nitrogens is 1. The molecule has 0 spiro atoms. The zero-order valence-corrected chi connectivity index (χ0v) is 44.6. The van der Waals surface area contributed by atoms with Crippen LogP contribution in [0.5, 0.6) is 0 Å². The molecule has 0 fully saturated rings. The van der Waals surface area contributed by atoms with E-state index in [0.717, 1.165) is 38.5 Å². The Hall–Kier alpha value is -1.93. The van der Waals surface area contributed by atoms with E-state index in [1.807, 2.05) is 21.1 Å². The standard InChI is InChI=1S/C58H111NO7/c1-6-8-10-12-14-16-18-20-22-24-26-27-28-29-31-33-35-37-39-41-43-45-47-49-57(61)66-54(52-64-51-50-55(58(62)63)59(3,4)5)53-65-56(60)48-46-44-42-40-38-36-34-32-30-25-23-21-19-17-15-13-11-9-7-2/h25,30,54-55H,6-24,26-29,31-53H2,1-5H3/b30-25+. The third kappa shape index (κ3) is 47.1. The number of allylic oxidation sites excluding steroid dienone is 2. The van der Waals surface area contributed by atoms with Crippen LogP contribution in [0.1, 0.15) is 290 Å². The van der Waals surface area contributed by atoms with E-state index in [1.165, 1.54) is 218 Å². The summed E-state index contributed by atoms with van der Waals surface area (Å²) in [5.74, 6) is -1.71. The minimum atomic E-state index is -1.12. The number of nitrogens with zero attached hydrogens (tertiary/aromatic N) is 1. The fraction of sp³-hybridized carbons (Fsp3) is 0.914. The Morgan fingerprint density at radius 3 is 1.09 bits per heavy atom. The first-order chi connectivity index (χ1) is 32.1. The number of esters is 2. The normalized spacial score (nSPS) is 12.8. The van der Waals surface area contributed by atoms with Crippen LogP contribution in [0.2, 0.25) is 0 Å². The second kappa shape index (κ2) is 49.5. The second-order valence-corrected chi connectivity index (χ2v) is 20.9. The molecular formula is C58H111NO7. The largest absolute Gasteiger partial charge is 0.544 e. The van der Waals surface area contributed by atoms with Gasteiger partial charge in [0.2, 0.25) is 0 Å². The predicted molar refractivity (Wildman–Crippen MR) is 278 cm³/mol. The van der Waals surface area contributed by atoms with Crippen molar-refractivity contribution in [2.75, 3.05) is 41.0 Å². The number of rotatable bonds is 53. The van der Waals surface area contributed by atoms with E-state index in [1.54, 1.807) is 0 Å². The molecule has 0 saturated heterocycles. The molecule has 0 N–H and O–H groups in total. The third-order valence-electron chi connectivity index (χ3n) is 13.4. The number of hydrogen-bond acceptors (Lipinski definition) is 7. The lowest BCUT2D eigenvalue weighted by atomic mass is 10.0. The van der Waals surface area contributed by atoms with E-state index in [9.17, 15) is 19.5 Å². The summed E-state index contributed by atoms with van der Waals surface area (Å²) in [6.07, 6.45) is 56.8. The van der Waals surface area contributed by atoms with Gasteiger partial charge in [0, 0.05) is 19.3 Å². The number of carboxylic acid groups (broad SMARTS) is 1. The summed E-state index contributed by atoms with van der Waals surface area (Å²) in [5.41, 5.74) is 0. The van der Waals surface area contributed by atoms with Gasteiger partial charge in [-0.15, -0.1) is 0 Å². The molecule has 0 aliphatic rings. The van der Waals surface area contributed by atoms with Gasteiger partial charge in [0.15, 0.2) is 6.10 Å². The molecule has 8 heteroatoms. The van der Waals surface area contributed by atoms with Crippen LogP contribution in [-0.2, 0) is 28.6 Å². The Morgan fingerprint density at radius 2 is 0.758 bits per heavy atom. The summed E-state index contributed by atoms with van der Waals surface area (Å²) in [7, 11) is 5.43. The van der Waals surface area contributed by atoms with Crippen molar-refractivity contribution >= 4 is 17.9 Å². The zero-order chi connectivity index (χ0) is 48.4. The number of aliphatic carboxylic acids is 1. The molecule has 0 heterocycles. The summed E-state index contributed by atoms with van der Waals surface area (Å²) in [4.78, 5) is 37.1. The highest BCUT2D eigenvalue weighted by atomic mass is 16.6. The van der Waals surface area contributed by atoms with Crippen LogP contribution >= 0.6 is 0 Å². The molecule has 0 aliphatic carbocycles. The van der Waals surface area contributed by atoms with Gasteiger partial charge >= 0.3 is 11.9 Å². The van der Waals surface area contributed by atoms with Gasteiger partial charge < -0.3 is 28.6 Å². The fourth-order valence-electron chi connectivity index (χ4n) is 8.95. The van der Waals surface area contributed by atoms with Gasteiger partial charge in [-0.2, -0.15) is 0 Å². The molecule has 0 radical (unpaired) electrons. The molecule has 2 atom stereocenters. The Kier molecular flexibility index (Phi) is 48.0. The first-order valence-electron chi connectivity index (χ1n) is 28.7. The Balaban J connectivity index is 4.13. The van der Waals surface area contributed by atoms with Gasteiger partial charge in [0.05, 0.1) is 40.3 Å². The minimum Gasteiger partial charge on any atom is -0.544 e. The van der Waals surface area contributed by atoms with Crippen molar-refractivity contribution in [3.05, 3.63) is 12.2 Å². The van der Waals surface area contributed by atoms with Crippen molar-refractivity contribution in [2.45, 2.75) is 302 Å². The van der Waals surface area contributed by atoms with Crippen molar-refractivity contribution < 1.29 is 38.2 Å². The highest BCUT2D eigenvalue weighted by Gasteiger charge is 2.25. The minimum absolute atomic E-state index is 0.0460. The first-order valence-corrected chi connectivity index (χ1v) is 28.7. The molecule has 0 aromatic rings. The number of hydrogen-bond donors (Lipinski definition) is 0. The van der Waals surface area contributed by atoms with Crippen LogP contribution in [0.15, 0.2) is 12.2 Å². The molecule has 2 unspecified atom stereocenters. The van der Waals surface area contributed by atoms with Crippen LogP contribution in [-0.4, -0.2) is 75.5 Å². The number of likely N-dealkylation sites (N-methyl/N-ethyl adjacent to an activating group) is 1. The highest BCUT2D eigenvalue weighted by Crippen LogP contribution is 2.17. The summed E-state index contributed by atoms with van der Waals surface area (Å²) in [6.45, 7) is 4.72. The van der Waals surface area contributed by atoms with E-state index < -0.39 is 18.1 Å². The number of carbonyl (C=O) groups is 3. The SMILES string of the molecule is CCCCCCCCCC/C=C/CCCCCCCCCC(=O)OCC(COCCC(C(=O)[O-])[N+](C)(C)C)OC(=O)CCCCCCCCCCCCCCCCCCCCCCCCC. The lowest BCUT2D eigenvalue weighted by Crippen LogP contribution is -2.55. The van der Waals surface area contributed by atoms with Crippen molar-refractivity contribution in [2.24, 2.45) is 0 Å². The van der Waals surface area contributed by atoms with E-state index in [2.05, 4.69) is 26.0 Å². The van der Waals surface area contributed by atoms with Gasteiger partial charge in [0.1, 0.15) is 12.6 Å². The van der Waals surface area contributed by atoms with Gasteiger partial charge in [-0.05, 0) is 38.5 Å². The monoisotopic (exact) mass is 934 g/mol. The Labute approximate surface area is 409 Å². The molecule has 0 aromatic carbocycles. The second-order valence-electron chi connectivity index (χ2n) is 20.9. The number of unbranched alkanes of at least 4 members (excludes halogenated alkanes) is 37. The number of ether oxygens (including phenoxy) is 3. The van der Waals surface area contributed by atoms with E-state index >= 15 is 0 Å². The molecule has 0 rings (SSSR count). The quantitative estimate of drug-likeness (QED) is 0.0259. The van der Waals surface area contributed by atoms with Crippen molar-refractivity contribution in [3.63, 3.8) is 0 Å². The zero-order valence-electron chi connectivity index (χ0n) is 44.6. The average molecular weight is 935 g/mol. The Morgan fingerprint density at radius 1 is 0.439 bits per heavy atom. The van der Waals surface area contributed by atoms with Gasteiger partial charge in [0.25, 0.3) is 0 Å². The summed E-state index contributed by atoms with van der Waals surface area (Å²) < 4.78 is 17.3. The molecule has 66 heavy (non-hydrogen) atoms. The maximum absolute atomic E-state index is 12.8. The maximum atomic E-state index is 12.8. The summed E-state index contributed by atoms with van der Waals surface area (Å²) >= 11 is 0. The molecular weight excluding hydrogens is 823 g/mol. The highest BCUT2D eigenvalue weighted by molar-refractivity contribution is 5.70. The molecule has 0 aliphatic heterocycles. The maximum Gasteiger partial charge on any atom is 0.306 e. The van der Waals surface area contributed by atoms with Crippen LogP contribution < -0.4 is 5.11 Å². The van der Waals surface area contributed by atoms with Gasteiger partial charge in [-0.1, -0.05) is 244 Å². The van der Waals surface area contributed by atoms with Crippen molar-refractivity contribution in [3.8, 4) is 0 Å². The molecule has 8 nitrogen and oxygen atoms in total. The van der Waals surface area contributed by atoms with Crippen molar-refractivity contribution in [1.29, 1.82) is 0 Å². The smallest absolute Gasteiger partial charge is 0.306 e. The van der Waals surface area contributed by atoms with Gasteiger partial charge in [-0.25, -0.2) is 0 Å². The number of carboxylic acids is 1.